The summed E-state index contributed by atoms with van der Waals surface area (Å²) in [6, 6.07) is 3.74. The molecule has 82 valence electrons. The molecule has 2 N–H and O–H groups in total. The van der Waals surface area contributed by atoms with Gasteiger partial charge < -0.3 is 10.1 Å². The van der Waals surface area contributed by atoms with Crippen LogP contribution in [-0.4, -0.2) is 10.1 Å². The van der Waals surface area contributed by atoms with Gasteiger partial charge in [0.15, 0.2) is 0 Å². The van der Waals surface area contributed by atoms with Gasteiger partial charge in [-0.25, -0.2) is 0 Å². The molecule has 2 rings (SSSR count). The van der Waals surface area contributed by atoms with Crippen molar-refractivity contribution in [3.8, 4) is 5.75 Å². The standard InChI is InChI=1S/C10H5Cl2NO3/c11-4-1-2-5-8(9(4)12)6(14)3-7(15)10(16)13-5/h1-3,14H,(H,13,15,16). The van der Waals surface area contributed by atoms with Crippen LogP contribution in [0.1, 0.15) is 0 Å². The minimum Gasteiger partial charge on any atom is -0.507 e. The Labute approximate surface area is 99.1 Å². The number of halogens is 2. The number of hydrogen-bond donors (Lipinski definition) is 2. The third kappa shape index (κ3) is 1.66. The van der Waals surface area contributed by atoms with E-state index in [1.807, 2.05) is 0 Å². The van der Waals surface area contributed by atoms with Crippen molar-refractivity contribution in [2.45, 2.75) is 0 Å². The number of aromatic nitrogens is 1. The largest absolute Gasteiger partial charge is 0.507 e. The Balaban J connectivity index is 3.17. The number of benzene rings is 1. The molecule has 0 aliphatic carbocycles. The average Bonchev–Trinajstić information content (AvgIpc) is 2.32. The highest BCUT2D eigenvalue weighted by Crippen LogP contribution is 2.33. The van der Waals surface area contributed by atoms with Gasteiger partial charge in [-0.3, -0.25) is 9.59 Å². The number of rotatable bonds is 0. The number of hydrogen-bond acceptors (Lipinski definition) is 3. The minimum atomic E-state index is -0.846. The number of nitrogens with one attached hydrogen (secondary N) is 1. The Kier molecular flexibility index (Phi) is 2.61. The second kappa shape index (κ2) is 3.81. The third-order valence-electron chi connectivity index (χ3n) is 2.09. The van der Waals surface area contributed by atoms with Gasteiger partial charge in [-0.2, -0.15) is 0 Å². The van der Waals surface area contributed by atoms with Crippen LogP contribution in [0.3, 0.4) is 0 Å². The lowest BCUT2D eigenvalue weighted by Gasteiger charge is -2.00. The molecule has 4 nitrogen and oxygen atoms in total. The summed E-state index contributed by atoms with van der Waals surface area (Å²) in [5.41, 5.74) is -1.43. The van der Waals surface area contributed by atoms with Gasteiger partial charge in [-0.05, 0) is 12.1 Å². The zero-order chi connectivity index (χ0) is 11.9. The van der Waals surface area contributed by atoms with Crippen LogP contribution in [0.15, 0.2) is 27.8 Å². The van der Waals surface area contributed by atoms with Crippen LogP contribution >= 0.6 is 23.2 Å². The topological polar surface area (TPSA) is 70.2 Å². The van der Waals surface area contributed by atoms with Crippen LogP contribution in [0, 0.1) is 0 Å². The van der Waals surface area contributed by atoms with Gasteiger partial charge in [-0.1, -0.05) is 23.2 Å². The van der Waals surface area contributed by atoms with Crippen LogP contribution in [-0.2, 0) is 0 Å². The first-order chi connectivity index (χ1) is 7.50. The SMILES string of the molecule is O=c1cc(O)c2c(Cl)c(Cl)ccc2[nH]c1=O. The Morgan fingerprint density at radius 2 is 1.88 bits per heavy atom. The Morgan fingerprint density at radius 1 is 1.19 bits per heavy atom. The minimum absolute atomic E-state index is 0.0860. The lowest BCUT2D eigenvalue weighted by Crippen LogP contribution is -2.22. The smallest absolute Gasteiger partial charge is 0.296 e. The lowest BCUT2D eigenvalue weighted by molar-refractivity contribution is 0.481. The first-order valence-corrected chi connectivity index (χ1v) is 5.00. The second-order valence-electron chi connectivity index (χ2n) is 3.13. The molecule has 1 heterocycles. The maximum Gasteiger partial charge on any atom is 0.296 e. The van der Waals surface area contributed by atoms with E-state index in [0.717, 1.165) is 6.07 Å². The van der Waals surface area contributed by atoms with E-state index in [1.54, 1.807) is 0 Å². The first kappa shape index (κ1) is 11.0. The predicted molar refractivity (Wildman–Crippen MR) is 62.5 cm³/mol. The lowest BCUT2D eigenvalue weighted by atomic mass is 10.2. The molecule has 2 aromatic rings. The molecule has 0 atom stereocenters. The maximum absolute atomic E-state index is 11.2. The molecule has 0 spiro atoms. The fraction of sp³-hybridized carbons (Fsp3) is 0. The van der Waals surface area contributed by atoms with Crippen molar-refractivity contribution >= 4 is 34.1 Å². The van der Waals surface area contributed by atoms with Gasteiger partial charge in [-0.15, -0.1) is 0 Å². The van der Waals surface area contributed by atoms with Crippen molar-refractivity contribution in [2.24, 2.45) is 0 Å². The third-order valence-corrected chi connectivity index (χ3v) is 2.90. The quantitative estimate of drug-likeness (QED) is 0.709. The summed E-state index contributed by atoms with van der Waals surface area (Å²) in [5.74, 6) is -0.383. The van der Waals surface area contributed by atoms with Gasteiger partial charge in [0.1, 0.15) is 5.75 Å². The van der Waals surface area contributed by atoms with Crippen molar-refractivity contribution in [2.75, 3.05) is 0 Å². The molecule has 0 saturated heterocycles. The summed E-state index contributed by atoms with van der Waals surface area (Å²) < 4.78 is 0. The van der Waals surface area contributed by atoms with Crippen LogP contribution in [0.5, 0.6) is 5.75 Å². The first-order valence-electron chi connectivity index (χ1n) is 4.25. The van der Waals surface area contributed by atoms with Gasteiger partial charge in [0.2, 0.25) is 5.43 Å². The van der Waals surface area contributed by atoms with Gasteiger partial charge in [0.05, 0.1) is 20.9 Å². The highest BCUT2D eigenvalue weighted by Gasteiger charge is 2.09. The second-order valence-corrected chi connectivity index (χ2v) is 3.92. The van der Waals surface area contributed by atoms with E-state index in [1.165, 1.54) is 12.1 Å². The van der Waals surface area contributed by atoms with Gasteiger partial charge in [0.25, 0.3) is 5.56 Å². The fourth-order valence-electron chi connectivity index (χ4n) is 1.35. The van der Waals surface area contributed by atoms with Crippen molar-refractivity contribution < 1.29 is 5.11 Å². The molecule has 0 radical (unpaired) electrons. The Morgan fingerprint density at radius 3 is 2.56 bits per heavy atom. The molecule has 0 aliphatic heterocycles. The summed E-state index contributed by atoms with van der Waals surface area (Å²) in [7, 11) is 0. The number of fused-ring (bicyclic) bond motifs is 1. The summed E-state index contributed by atoms with van der Waals surface area (Å²) in [4.78, 5) is 24.7. The molecule has 0 amide bonds. The molecule has 0 aliphatic rings. The predicted octanol–water partition coefficient (Wildman–Crippen LogP) is 1.90. The van der Waals surface area contributed by atoms with E-state index in [2.05, 4.69) is 4.98 Å². The zero-order valence-electron chi connectivity index (χ0n) is 7.75. The molecular weight excluding hydrogens is 253 g/mol. The highest BCUT2D eigenvalue weighted by molar-refractivity contribution is 6.45. The van der Waals surface area contributed by atoms with E-state index < -0.39 is 11.0 Å². The van der Waals surface area contributed by atoms with Crippen LogP contribution in [0.4, 0.5) is 0 Å². The average molecular weight is 258 g/mol. The number of H-pyrrole nitrogens is 1. The number of aromatic hydroxyl groups is 1. The van der Waals surface area contributed by atoms with Gasteiger partial charge in [0, 0.05) is 6.07 Å². The molecule has 0 saturated carbocycles. The maximum atomic E-state index is 11.2. The monoisotopic (exact) mass is 257 g/mol. The van der Waals surface area contributed by atoms with Crippen LogP contribution in [0.25, 0.3) is 10.9 Å². The molecule has 1 aromatic carbocycles. The number of aromatic amines is 1. The van der Waals surface area contributed by atoms with Crippen LogP contribution in [0.2, 0.25) is 10.0 Å². The normalized spacial score (nSPS) is 10.6. The van der Waals surface area contributed by atoms with Crippen LogP contribution < -0.4 is 11.0 Å². The highest BCUT2D eigenvalue weighted by atomic mass is 35.5. The molecule has 6 heteroatoms. The molecule has 1 aromatic heterocycles. The zero-order valence-corrected chi connectivity index (χ0v) is 9.26. The van der Waals surface area contributed by atoms with E-state index in [-0.39, 0.29) is 26.7 Å². The summed E-state index contributed by atoms with van der Waals surface area (Å²) >= 11 is 11.6. The summed E-state index contributed by atoms with van der Waals surface area (Å²) in [5, 5.41) is 10.1. The Bertz CT molecular complexity index is 694. The van der Waals surface area contributed by atoms with Crippen molar-refractivity contribution in [1.29, 1.82) is 0 Å². The van der Waals surface area contributed by atoms with E-state index in [0.29, 0.717) is 0 Å². The summed E-state index contributed by atoms with van der Waals surface area (Å²) in [6.07, 6.45) is 0. The Hall–Kier alpha value is -1.52. The fourth-order valence-corrected chi connectivity index (χ4v) is 1.77. The van der Waals surface area contributed by atoms with E-state index in [9.17, 15) is 14.7 Å². The van der Waals surface area contributed by atoms with Crippen molar-refractivity contribution in [1.82, 2.24) is 4.98 Å². The van der Waals surface area contributed by atoms with E-state index in [4.69, 9.17) is 23.2 Å². The van der Waals surface area contributed by atoms with Crippen molar-refractivity contribution in [3.05, 3.63) is 48.8 Å². The molecular formula is C10H5Cl2NO3. The van der Waals surface area contributed by atoms with Crippen molar-refractivity contribution in [3.63, 3.8) is 0 Å². The molecule has 0 fully saturated rings. The summed E-state index contributed by atoms with van der Waals surface area (Å²) in [6.45, 7) is 0. The van der Waals surface area contributed by atoms with E-state index >= 15 is 0 Å². The molecule has 16 heavy (non-hydrogen) atoms. The molecule has 0 bridgehead atoms. The van der Waals surface area contributed by atoms with Gasteiger partial charge >= 0.3 is 0 Å². The molecule has 0 unspecified atom stereocenters.